The van der Waals surface area contributed by atoms with Crippen LogP contribution in [0.15, 0.2) is 42.5 Å². The molecule has 7 heteroatoms. The molecule has 0 saturated carbocycles. The van der Waals surface area contributed by atoms with E-state index in [1.165, 1.54) is 6.07 Å². The molecule has 1 aliphatic heterocycles. The van der Waals surface area contributed by atoms with Gasteiger partial charge in [0.1, 0.15) is 5.69 Å². The zero-order chi connectivity index (χ0) is 17.8. The van der Waals surface area contributed by atoms with Crippen molar-refractivity contribution in [2.75, 3.05) is 18.0 Å². The number of nitro benzene ring substituents is 1. The molecule has 1 aliphatic rings. The molecule has 1 fully saturated rings. The van der Waals surface area contributed by atoms with E-state index < -0.39 is 4.92 Å². The van der Waals surface area contributed by atoms with Crippen molar-refractivity contribution >= 4 is 28.9 Å². The first-order valence-electron chi connectivity index (χ1n) is 8.11. The van der Waals surface area contributed by atoms with Gasteiger partial charge in [-0.3, -0.25) is 14.9 Å². The van der Waals surface area contributed by atoms with Crippen LogP contribution in [0, 0.1) is 10.1 Å². The second kappa shape index (κ2) is 7.53. The van der Waals surface area contributed by atoms with E-state index >= 15 is 0 Å². The highest BCUT2D eigenvalue weighted by Crippen LogP contribution is 2.31. The number of amides is 1. The number of anilines is 1. The summed E-state index contributed by atoms with van der Waals surface area (Å²) in [6.45, 7) is 1.87. The average Bonchev–Trinajstić information content (AvgIpc) is 3.14. The van der Waals surface area contributed by atoms with E-state index in [0.29, 0.717) is 10.7 Å². The van der Waals surface area contributed by atoms with Gasteiger partial charge in [0, 0.05) is 36.3 Å². The topological polar surface area (TPSA) is 75.5 Å². The lowest BCUT2D eigenvalue weighted by atomic mass is 10.1. The van der Waals surface area contributed by atoms with Gasteiger partial charge in [0.2, 0.25) is 0 Å². The molecule has 0 bridgehead atoms. The highest BCUT2D eigenvalue weighted by molar-refractivity contribution is 6.31. The Morgan fingerprint density at radius 2 is 1.92 bits per heavy atom. The van der Waals surface area contributed by atoms with E-state index in [-0.39, 0.29) is 23.7 Å². The van der Waals surface area contributed by atoms with E-state index in [0.717, 1.165) is 31.5 Å². The molecule has 0 spiro atoms. The van der Waals surface area contributed by atoms with Gasteiger partial charge in [-0.2, -0.15) is 0 Å². The number of carbonyl (C=O) groups excluding carboxylic acids is 1. The van der Waals surface area contributed by atoms with Crippen LogP contribution < -0.4 is 10.2 Å². The van der Waals surface area contributed by atoms with Crippen molar-refractivity contribution < 1.29 is 9.72 Å². The number of nitrogens with zero attached hydrogens (tertiary/aromatic N) is 2. The first-order valence-corrected chi connectivity index (χ1v) is 8.49. The maximum absolute atomic E-state index is 12.3. The monoisotopic (exact) mass is 359 g/mol. The zero-order valence-corrected chi connectivity index (χ0v) is 14.3. The van der Waals surface area contributed by atoms with Gasteiger partial charge in [-0.1, -0.05) is 29.8 Å². The number of nitrogens with one attached hydrogen (secondary N) is 1. The third-order valence-corrected chi connectivity index (χ3v) is 4.65. The van der Waals surface area contributed by atoms with E-state index in [1.54, 1.807) is 18.2 Å². The molecule has 130 valence electrons. The fourth-order valence-corrected chi connectivity index (χ4v) is 3.16. The Balaban J connectivity index is 1.77. The number of hydrogen-bond donors (Lipinski definition) is 1. The van der Waals surface area contributed by atoms with Crippen LogP contribution in [0.3, 0.4) is 0 Å². The Morgan fingerprint density at radius 3 is 2.60 bits per heavy atom. The van der Waals surface area contributed by atoms with E-state index in [9.17, 15) is 14.9 Å². The molecule has 2 aromatic carbocycles. The number of hydrogen-bond acceptors (Lipinski definition) is 4. The Bertz CT molecular complexity index is 804. The summed E-state index contributed by atoms with van der Waals surface area (Å²) in [7, 11) is 0. The number of benzene rings is 2. The molecule has 6 nitrogen and oxygen atoms in total. The third kappa shape index (κ3) is 3.91. The van der Waals surface area contributed by atoms with Crippen molar-refractivity contribution in [3.8, 4) is 0 Å². The zero-order valence-electron chi connectivity index (χ0n) is 13.6. The quantitative estimate of drug-likeness (QED) is 0.651. The second-order valence-corrected chi connectivity index (χ2v) is 6.34. The molecule has 2 aromatic rings. The minimum Gasteiger partial charge on any atom is -0.366 e. The van der Waals surface area contributed by atoms with Crippen molar-refractivity contribution in [1.29, 1.82) is 0 Å². The second-order valence-electron chi connectivity index (χ2n) is 5.93. The molecule has 25 heavy (non-hydrogen) atoms. The molecule has 0 unspecified atom stereocenters. The highest BCUT2D eigenvalue weighted by atomic mass is 35.5. The average molecular weight is 360 g/mol. The fourth-order valence-electron chi connectivity index (χ4n) is 2.96. The van der Waals surface area contributed by atoms with Crippen LogP contribution in [0.1, 0.15) is 28.8 Å². The smallest absolute Gasteiger partial charge is 0.293 e. The summed E-state index contributed by atoms with van der Waals surface area (Å²) in [6, 6.07) is 11.9. The Labute approximate surface area is 150 Å². The summed E-state index contributed by atoms with van der Waals surface area (Å²) < 4.78 is 0. The highest BCUT2D eigenvalue weighted by Gasteiger charge is 2.23. The summed E-state index contributed by atoms with van der Waals surface area (Å²) in [5, 5.41) is 14.7. The standard InChI is InChI=1S/C18H18ClN3O3/c19-15-6-2-1-5-14(15)12-20-18(23)13-7-8-16(17(11-13)22(24)25)21-9-3-4-10-21/h1-2,5-8,11H,3-4,9-10,12H2,(H,20,23). The molecule has 1 heterocycles. The molecule has 1 amide bonds. The number of carbonyl (C=O) groups is 1. The van der Waals surface area contributed by atoms with Crippen LogP contribution in [0.2, 0.25) is 5.02 Å². The summed E-state index contributed by atoms with van der Waals surface area (Å²) in [5.41, 5.74) is 1.60. The summed E-state index contributed by atoms with van der Waals surface area (Å²) in [6.07, 6.45) is 2.05. The summed E-state index contributed by atoms with van der Waals surface area (Å²) in [4.78, 5) is 25.3. The number of nitro groups is 1. The predicted molar refractivity (Wildman–Crippen MR) is 97.2 cm³/mol. The lowest BCUT2D eigenvalue weighted by molar-refractivity contribution is -0.384. The third-order valence-electron chi connectivity index (χ3n) is 4.28. The molecule has 0 atom stereocenters. The van der Waals surface area contributed by atoms with Crippen LogP contribution in [-0.2, 0) is 6.54 Å². The number of rotatable bonds is 5. The molecule has 0 aromatic heterocycles. The van der Waals surface area contributed by atoms with Crippen LogP contribution in [-0.4, -0.2) is 23.9 Å². The molecule has 3 rings (SSSR count). The van der Waals surface area contributed by atoms with Crippen molar-refractivity contribution in [3.63, 3.8) is 0 Å². The van der Waals surface area contributed by atoms with Crippen LogP contribution in [0.25, 0.3) is 0 Å². The van der Waals surface area contributed by atoms with Gasteiger partial charge in [0.05, 0.1) is 4.92 Å². The maximum Gasteiger partial charge on any atom is 0.293 e. The lowest BCUT2D eigenvalue weighted by Crippen LogP contribution is -2.24. The normalized spacial score (nSPS) is 13.7. The molecule has 0 aliphatic carbocycles. The van der Waals surface area contributed by atoms with Crippen LogP contribution in [0.5, 0.6) is 0 Å². The number of halogens is 1. The Morgan fingerprint density at radius 1 is 1.20 bits per heavy atom. The largest absolute Gasteiger partial charge is 0.366 e. The Kier molecular flexibility index (Phi) is 5.19. The van der Waals surface area contributed by atoms with Crippen LogP contribution in [0.4, 0.5) is 11.4 Å². The molecular weight excluding hydrogens is 342 g/mol. The summed E-state index contributed by atoms with van der Waals surface area (Å²) in [5.74, 6) is -0.365. The Hall–Kier alpha value is -2.60. The van der Waals surface area contributed by atoms with Gasteiger partial charge < -0.3 is 10.2 Å². The van der Waals surface area contributed by atoms with Crippen molar-refractivity contribution in [3.05, 3.63) is 68.7 Å². The van der Waals surface area contributed by atoms with Gasteiger partial charge in [-0.25, -0.2) is 0 Å². The summed E-state index contributed by atoms with van der Waals surface area (Å²) >= 11 is 6.07. The first kappa shape index (κ1) is 17.2. The van der Waals surface area contributed by atoms with Gasteiger partial charge in [0.25, 0.3) is 11.6 Å². The predicted octanol–water partition coefficient (Wildman–Crippen LogP) is 3.78. The lowest BCUT2D eigenvalue weighted by Gasteiger charge is -2.17. The van der Waals surface area contributed by atoms with Crippen molar-refractivity contribution in [2.24, 2.45) is 0 Å². The molecule has 1 saturated heterocycles. The van der Waals surface area contributed by atoms with Gasteiger partial charge >= 0.3 is 0 Å². The van der Waals surface area contributed by atoms with Crippen molar-refractivity contribution in [2.45, 2.75) is 19.4 Å². The molecular formula is C18H18ClN3O3. The minimum atomic E-state index is -0.432. The van der Waals surface area contributed by atoms with Gasteiger partial charge in [-0.05, 0) is 36.6 Å². The maximum atomic E-state index is 12.3. The fraction of sp³-hybridized carbons (Fsp3) is 0.278. The van der Waals surface area contributed by atoms with Gasteiger partial charge in [-0.15, -0.1) is 0 Å². The SMILES string of the molecule is O=C(NCc1ccccc1Cl)c1ccc(N2CCCC2)c([N+](=O)[O-])c1. The first-order chi connectivity index (χ1) is 12.1. The van der Waals surface area contributed by atoms with Gasteiger partial charge in [0.15, 0.2) is 0 Å². The minimum absolute atomic E-state index is 0.0349. The van der Waals surface area contributed by atoms with Crippen molar-refractivity contribution in [1.82, 2.24) is 5.32 Å². The van der Waals surface area contributed by atoms with E-state index in [1.807, 2.05) is 23.1 Å². The van der Waals surface area contributed by atoms with E-state index in [2.05, 4.69) is 5.32 Å². The molecule has 0 radical (unpaired) electrons. The van der Waals surface area contributed by atoms with Crippen LogP contribution >= 0.6 is 11.6 Å². The van der Waals surface area contributed by atoms with E-state index in [4.69, 9.17) is 11.6 Å². The molecule has 1 N–H and O–H groups in total.